The molecule has 2 N–H and O–H groups in total. The molecule has 0 saturated heterocycles. The molecule has 6 heteroatoms. The molecule has 1 aromatic heterocycles. The first-order chi connectivity index (χ1) is 7.00. The maximum atomic E-state index is 11.4. The number of carbonyl (C=O) groups excluding carboxylic acids is 1. The Bertz CT molecular complexity index is 372. The molecular weight excluding hydrogens is 198 g/mol. The molecule has 0 fully saturated rings. The number of hydrogen-bond acceptors (Lipinski definition) is 3. The molecule has 82 valence electrons. The Kier molecular flexibility index (Phi) is 3.43. The van der Waals surface area contributed by atoms with Gasteiger partial charge >= 0.3 is 5.97 Å². The van der Waals surface area contributed by atoms with Gasteiger partial charge in [-0.05, 0) is 0 Å². The van der Waals surface area contributed by atoms with Crippen molar-refractivity contribution in [3.05, 3.63) is 18.0 Å². The second-order valence-corrected chi connectivity index (χ2v) is 3.35. The van der Waals surface area contributed by atoms with Crippen molar-refractivity contribution < 1.29 is 14.7 Å². The van der Waals surface area contributed by atoms with Gasteiger partial charge < -0.3 is 10.4 Å². The van der Waals surface area contributed by atoms with Gasteiger partial charge in [0.15, 0.2) is 0 Å². The quantitative estimate of drug-likeness (QED) is 0.726. The number of aromatic nitrogens is 2. The maximum absolute atomic E-state index is 11.4. The molecule has 0 aliphatic rings. The average Bonchev–Trinajstić information content (AvgIpc) is 2.60. The van der Waals surface area contributed by atoms with E-state index in [4.69, 9.17) is 5.11 Å². The van der Waals surface area contributed by atoms with Crippen LogP contribution in [-0.4, -0.2) is 33.3 Å². The van der Waals surface area contributed by atoms with Gasteiger partial charge in [-0.25, -0.2) is 0 Å². The van der Waals surface area contributed by atoms with Gasteiger partial charge in [-0.15, -0.1) is 0 Å². The second-order valence-electron chi connectivity index (χ2n) is 3.35. The third-order valence-electron chi connectivity index (χ3n) is 1.96. The lowest BCUT2D eigenvalue weighted by molar-refractivity contribution is -0.140. The first-order valence-electron chi connectivity index (χ1n) is 4.50. The normalized spacial score (nSPS) is 12.1. The molecule has 0 saturated carbocycles. The van der Waals surface area contributed by atoms with E-state index in [1.807, 2.05) is 0 Å². The Balaban J connectivity index is 2.47. The molecule has 1 aromatic rings. The van der Waals surface area contributed by atoms with E-state index in [0.29, 0.717) is 5.56 Å². The molecule has 0 aliphatic heterocycles. The van der Waals surface area contributed by atoms with Crippen molar-refractivity contribution in [1.29, 1.82) is 0 Å². The van der Waals surface area contributed by atoms with Crippen LogP contribution in [-0.2, 0) is 11.8 Å². The van der Waals surface area contributed by atoms with E-state index in [2.05, 4.69) is 10.4 Å². The topological polar surface area (TPSA) is 84.2 Å². The van der Waals surface area contributed by atoms with Crippen LogP contribution in [0.5, 0.6) is 0 Å². The Hall–Kier alpha value is -1.85. The highest BCUT2D eigenvalue weighted by atomic mass is 16.4. The van der Waals surface area contributed by atoms with Gasteiger partial charge in [0.1, 0.15) is 0 Å². The number of nitrogens with one attached hydrogen (secondary N) is 1. The van der Waals surface area contributed by atoms with Crippen molar-refractivity contribution in [3.8, 4) is 0 Å². The number of carbonyl (C=O) groups is 2. The largest absolute Gasteiger partial charge is 0.481 e. The van der Waals surface area contributed by atoms with Crippen LogP contribution in [0.15, 0.2) is 12.4 Å². The average molecular weight is 211 g/mol. The number of carboxylic acid groups (broad SMARTS) is 1. The number of carboxylic acids is 1. The van der Waals surface area contributed by atoms with Crippen LogP contribution in [0.3, 0.4) is 0 Å². The SMILES string of the molecule is CC(CNC(=O)c1cnn(C)c1)C(=O)O. The van der Waals surface area contributed by atoms with E-state index in [0.717, 1.165) is 0 Å². The number of rotatable bonds is 4. The fraction of sp³-hybridized carbons (Fsp3) is 0.444. The molecule has 1 unspecified atom stereocenters. The Labute approximate surface area is 86.9 Å². The van der Waals surface area contributed by atoms with Crippen LogP contribution in [0.1, 0.15) is 17.3 Å². The van der Waals surface area contributed by atoms with Gasteiger partial charge in [0.25, 0.3) is 5.91 Å². The number of aliphatic carboxylic acids is 1. The maximum Gasteiger partial charge on any atom is 0.308 e. The van der Waals surface area contributed by atoms with E-state index in [9.17, 15) is 9.59 Å². The van der Waals surface area contributed by atoms with Gasteiger partial charge in [0.05, 0.1) is 17.7 Å². The minimum Gasteiger partial charge on any atom is -0.481 e. The highest BCUT2D eigenvalue weighted by Gasteiger charge is 2.13. The Morgan fingerprint density at radius 2 is 2.33 bits per heavy atom. The number of nitrogens with zero attached hydrogens (tertiary/aromatic N) is 2. The van der Waals surface area contributed by atoms with Crippen molar-refractivity contribution in [3.63, 3.8) is 0 Å². The van der Waals surface area contributed by atoms with Crippen LogP contribution in [0, 0.1) is 5.92 Å². The summed E-state index contributed by atoms with van der Waals surface area (Å²) in [5, 5.41) is 15.0. The molecule has 0 bridgehead atoms. The molecule has 6 nitrogen and oxygen atoms in total. The lowest BCUT2D eigenvalue weighted by Crippen LogP contribution is -2.31. The standard InChI is InChI=1S/C9H13N3O3/c1-6(9(14)15)3-10-8(13)7-4-11-12(2)5-7/h4-6H,3H2,1-2H3,(H,10,13)(H,14,15). The summed E-state index contributed by atoms with van der Waals surface area (Å²) in [4.78, 5) is 21.9. The molecular formula is C9H13N3O3. The monoisotopic (exact) mass is 211 g/mol. The number of hydrogen-bond donors (Lipinski definition) is 2. The number of amides is 1. The first kappa shape index (κ1) is 11.2. The summed E-state index contributed by atoms with van der Waals surface area (Å²) >= 11 is 0. The molecule has 1 amide bonds. The third kappa shape index (κ3) is 3.08. The predicted molar refractivity (Wildman–Crippen MR) is 52.3 cm³/mol. The second kappa shape index (κ2) is 4.59. The highest BCUT2D eigenvalue weighted by Crippen LogP contribution is 1.97. The summed E-state index contributed by atoms with van der Waals surface area (Å²) in [5.74, 6) is -1.83. The van der Waals surface area contributed by atoms with Crippen LogP contribution >= 0.6 is 0 Å². The summed E-state index contributed by atoms with van der Waals surface area (Å²) < 4.78 is 1.51. The van der Waals surface area contributed by atoms with Crippen LogP contribution in [0.25, 0.3) is 0 Å². The predicted octanol–water partition coefficient (Wildman–Crippen LogP) is -0.129. The first-order valence-corrected chi connectivity index (χ1v) is 4.50. The minimum atomic E-state index is -0.929. The van der Waals surface area contributed by atoms with Gasteiger partial charge in [0, 0.05) is 19.8 Å². The molecule has 0 radical (unpaired) electrons. The molecule has 1 rings (SSSR count). The summed E-state index contributed by atoms with van der Waals surface area (Å²) in [6.45, 7) is 1.65. The highest BCUT2D eigenvalue weighted by molar-refractivity contribution is 5.93. The fourth-order valence-electron chi connectivity index (χ4n) is 0.974. The third-order valence-corrected chi connectivity index (χ3v) is 1.96. The molecule has 1 atom stereocenters. The lowest BCUT2D eigenvalue weighted by Gasteiger charge is -2.06. The minimum absolute atomic E-state index is 0.114. The molecule has 0 aromatic carbocycles. The van der Waals surface area contributed by atoms with Crippen molar-refractivity contribution in [1.82, 2.24) is 15.1 Å². The van der Waals surface area contributed by atoms with E-state index in [-0.39, 0.29) is 12.5 Å². The summed E-state index contributed by atoms with van der Waals surface area (Å²) in [6, 6.07) is 0. The Morgan fingerprint density at radius 1 is 1.67 bits per heavy atom. The van der Waals surface area contributed by atoms with Crippen molar-refractivity contribution in [2.75, 3.05) is 6.54 Å². The summed E-state index contributed by atoms with van der Waals surface area (Å²) in [6.07, 6.45) is 3.00. The van der Waals surface area contributed by atoms with Gasteiger partial charge in [-0.1, -0.05) is 6.92 Å². The fourth-order valence-corrected chi connectivity index (χ4v) is 0.974. The summed E-state index contributed by atoms with van der Waals surface area (Å²) in [7, 11) is 1.71. The van der Waals surface area contributed by atoms with Crippen LogP contribution in [0.2, 0.25) is 0 Å². The molecule has 15 heavy (non-hydrogen) atoms. The smallest absolute Gasteiger partial charge is 0.308 e. The summed E-state index contributed by atoms with van der Waals surface area (Å²) in [5.41, 5.74) is 0.426. The van der Waals surface area contributed by atoms with E-state index < -0.39 is 11.9 Å². The van der Waals surface area contributed by atoms with Crippen LogP contribution < -0.4 is 5.32 Å². The van der Waals surface area contributed by atoms with Crippen molar-refractivity contribution in [2.45, 2.75) is 6.92 Å². The zero-order chi connectivity index (χ0) is 11.4. The van der Waals surface area contributed by atoms with Crippen molar-refractivity contribution >= 4 is 11.9 Å². The van der Waals surface area contributed by atoms with Crippen LogP contribution in [0.4, 0.5) is 0 Å². The van der Waals surface area contributed by atoms with Crippen molar-refractivity contribution in [2.24, 2.45) is 13.0 Å². The van der Waals surface area contributed by atoms with Gasteiger partial charge in [-0.3, -0.25) is 14.3 Å². The van der Waals surface area contributed by atoms with Gasteiger partial charge in [-0.2, -0.15) is 5.10 Å². The zero-order valence-corrected chi connectivity index (χ0v) is 8.60. The van der Waals surface area contributed by atoms with E-state index >= 15 is 0 Å². The zero-order valence-electron chi connectivity index (χ0n) is 8.60. The Morgan fingerprint density at radius 3 is 2.80 bits per heavy atom. The molecule has 0 spiro atoms. The molecule has 0 aliphatic carbocycles. The van der Waals surface area contributed by atoms with E-state index in [1.54, 1.807) is 13.2 Å². The van der Waals surface area contributed by atoms with Gasteiger partial charge in [0.2, 0.25) is 0 Å². The molecule has 1 heterocycles. The number of aryl methyl sites for hydroxylation is 1. The van der Waals surface area contributed by atoms with E-state index in [1.165, 1.54) is 17.8 Å². The lowest BCUT2D eigenvalue weighted by atomic mass is 10.2.